The van der Waals surface area contributed by atoms with Crippen LogP contribution >= 0.6 is 11.8 Å². The second-order valence-electron chi connectivity index (χ2n) is 6.50. The minimum atomic E-state index is -0.735. The van der Waals surface area contributed by atoms with Crippen molar-refractivity contribution in [1.29, 1.82) is 0 Å². The molecule has 0 aromatic heterocycles. The second kappa shape index (κ2) is 10.4. The number of imide groups is 1. The summed E-state index contributed by atoms with van der Waals surface area (Å²) >= 11 is 1.57. The zero-order valence-corrected chi connectivity index (χ0v) is 16.2. The first kappa shape index (κ1) is 21.4. The van der Waals surface area contributed by atoms with Crippen LogP contribution in [0.4, 0.5) is 9.18 Å². The number of carbonyl (C=O) groups is 2. The highest BCUT2D eigenvalue weighted by molar-refractivity contribution is 7.99. The zero-order valence-electron chi connectivity index (χ0n) is 15.3. The molecule has 0 saturated carbocycles. The first-order valence-corrected chi connectivity index (χ1v) is 9.33. The van der Waals surface area contributed by atoms with Gasteiger partial charge >= 0.3 is 6.09 Å². The molecule has 0 fully saturated rings. The quantitative estimate of drug-likeness (QED) is 0.685. The van der Waals surface area contributed by atoms with E-state index in [1.54, 1.807) is 37.7 Å². The fourth-order valence-corrected chi connectivity index (χ4v) is 2.97. The van der Waals surface area contributed by atoms with Gasteiger partial charge in [0.1, 0.15) is 5.82 Å². The summed E-state index contributed by atoms with van der Waals surface area (Å²) in [5, 5.41) is 5.51. The third-order valence-corrected chi connectivity index (χ3v) is 4.57. The average Bonchev–Trinajstić information content (AvgIpc) is 2.50. The number of thioether (sulfide) groups is 1. The van der Waals surface area contributed by atoms with E-state index in [0.29, 0.717) is 5.75 Å². The van der Waals surface area contributed by atoms with Crippen LogP contribution in [-0.4, -0.2) is 35.9 Å². The van der Waals surface area contributed by atoms with Crippen molar-refractivity contribution in [2.45, 2.75) is 57.7 Å². The van der Waals surface area contributed by atoms with Crippen molar-refractivity contribution in [3.05, 3.63) is 30.1 Å². The highest BCUT2D eigenvalue weighted by Gasteiger charge is 2.25. The summed E-state index contributed by atoms with van der Waals surface area (Å²) in [6, 6.07) is 5.80. The normalized spacial score (nSPS) is 13.6. The highest BCUT2D eigenvalue weighted by atomic mass is 32.2. The topological polar surface area (TPSA) is 67.4 Å². The maximum absolute atomic E-state index is 12.9. The number of hydrogen-bond donors (Lipinski definition) is 2. The Morgan fingerprint density at radius 2 is 1.72 bits per heavy atom. The minimum absolute atomic E-state index is 0.00474. The summed E-state index contributed by atoms with van der Waals surface area (Å²) < 4.78 is 17.9. The minimum Gasteiger partial charge on any atom is -0.447 e. The van der Waals surface area contributed by atoms with E-state index < -0.39 is 18.0 Å². The van der Waals surface area contributed by atoms with Crippen molar-refractivity contribution in [2.75, 3.05) is 5.75 Å². The Kier molecular flexibility index (Phi) is 8.92. The van der Waals surface area contributed by atoms with Gasteiger partial charge in [0, 0.05) is 16.7 Å². The molecule has 7 heteroatoms. The van der Waals surface area contributed by atoms with Crippen molar-refractivity contribution in [1.82, 2.24) is 10.6 Å². The molecule has 140 valence electrons. The van der Waals surface area contributed by atoms with E-state index in [1.165, 1.54) is 12.1 Å². The lowest BCUT2D eigenvalue weighted by molar-refractivity contribution is -0.123. The Hall–Kier alpha value is -1.60. The predicted octanol–water partition coefficient (Wildman–Crippen LogP) is 3.58. The molecular weight excluding hydrogens is 343 g/mol. The van der Waals surface area contributed by atoms with Gasteiger partial charge in [-0.15, -0.1) is 11.8 Å². The fraction of sp³-hybridized carbons (Fsp3) is 0.556. The van der Waals surface area contributed by atoms with Crippen molar-refractivity contribution in [2.24, 2.45) is 5.92 Å². The lowest BCUT2D eigenvalue weighted by Gasteiger charge is -2.25. The summed E-state index contributed by atoms with van der Waals surface area (Å²) in [5.41, 5.74) is 0. The summed E-state index contributed by atoms with van der Waals surface area (Å²) in [4.78, 5) is 24.9. The standard InChI is InChI=1S/C18H27FN2O3S/c1-11(2)16(17(22)21-18(23)24-12(3)4)20-13(5)10-25-15-8-6-14(19)7-9-15/h6-9,11-13,16,20H,10H2,1-5H3,(H,21,22,23)/t13?,16-/m0/s1. The third kappa shape index (κ3) is 8.36. The second-order valence-corrected chi connectivity index (χ2v) is 7.59. The summed E-state index contributed by atoms with van der Waals surface area (Å²) in [6.07, 6.45) is -1.02. The van der Waals surface area contributed by atoms with Crippen molar-refractivity contribution in [3.8, 4) is 0 Å². The smallest absolute Gasteiger partial charge is 0.414 e. The molecule has 0 saturated heterocycles. The van der Waals surface area contributed by atoms with Crippen LogP contribution in [0.25, 0.3) is 0 Å². The number of carbonyl (C=O) groups excluding carboxylic acids is 2. The fourth-order valence-electron chi connectivity index (χ4n) is 2.10. The maximum Gasteiger partial charge on any atom is 0.414 e. The molecule has 0 heterocycles. The van der Waals surface area contributed by atoms with Gasteiger partial charge in [0.05, 0.1) is 12.1 Å². The van der Waals surface area contributed by atoms with E-state index in [4.69, 9.17) is 4.74 Å². The molecule has 0 aliphatic carbocycles. The highest BCUT2D eigenvalue weighted by Crippen LogP contribution is 2.19. The van der Waals surface area contributed by atoms with Crippen LogP contribution in [0, 0.1) is 11.7 Å². The molecule has 0 bridgehead atoms. The number of rotatable bonds is 8. The lowest BCUT2D eigenvalue weighted by atomic mass is 10.0. The maximum atomic E-state index is 12.9. The number of nitrogens with one attached hydrogen (secondary N) is 2. The van der Waals surface area contributed by atoms with Crippen LogP contribution in [0.15, 0.2) is 29.2 Å². The Bertz CT molecular complexity index is 564. The Morgan fingerprint density at radius 1 is 1.12 bits per heavy atom. The monoisotopic (exact) mass is 370 g/mol. The molecule has 5 nitrogen and oxygen atoms in total. The summed E-state index contributed by atoms with van der Waals surface area (Å²) in [7, 11) is 0. The predicted molar refractivity (Wildman–Crippen MR) is 98.1 cm³/mol. The van der Waals surface area contributed by atoms with Gasteiger partial charge in [-0.3, -0.25) is 10.1 Å². The van der Waals surface area contributed by atoms with Crippen LogP contribution in [0.2, 0.25) is 0 Å². The SMILES string of the molecule is CC(CSc1ccc(F)cc1)N[C@H](C(=O)NC(=O)OC(C)C)C(C)C. The number of alkyl carbamates (subject to hydrolysis) is 1. The van der Waals surface area contributed by atoms with Crippen molar-refractivity contribution in [3.63, 3.8) is 0 Å². The molecule has 1 rings (SSSR count). The van der Waals surface area contributed by atoms with E-state index in [1.807, 2.05) is 20.8 Å². The van der Waals surface area contributed by atoms with Gasteiger partial charge in [-0.2, -0.15) is 0 Å². The molecule has 1 aromatic rings. The van der Waals surface area contributed by atoms with Gasteiger partial charge in [-0.05, 0) is 51.0 Å². The van der Waals surface area contributed by atoms with E-state index >= 15 is 0 Å². The first-order valence-electron chi connectivity index (χ1n) is 8.35. The molecule has 2 amide bonds. The molecule has 1 aromatic carbocycles. The first-order chi connectivity index (χ1) is 11.7. The average molecular weight is 370 g/mol. The van der Waals surface area contributed by atoms with Gasteiger partial charge in [-0.1, -0.05) is 13.8 Å². The van der Waals surface area contributed by atoms with Gasteiger partial charge in [0.15, 0.2) is 0 Å². The largest absolute Gasteiger partial charge is 0.447 e. The Morgan fingerprint density at radius 3 is 2.24 bits per heavy atom. The summed E-state index contributed by atoms with van der Waals surface area (Å²) in [5.74, 6) is 0.0447. The molecule has 2 atom stereocenters. The molecule has 0 radical (unpaired) electrons. The van der Waals surface area contributed by atoms with Gasteiger partial charge in [0.2, 0.25) is 5.91 Å². The summed E-state index contributed by atoms with van der Waals surface area (Å²) in [6.45, 7) is 9.22. The number of benzene rings is 1. The van der Waals surface area contributed by atoms with E-state index in [2.05, 4.69) is 10.6 Å². The van der Waals surface area contributed by atoms with Crippen LogP contribution in [-0.2, 0) is 9.53 Å². The molecule has 0 aliphatic rings. The molecule has 1 unspecified atom stereocenters. The molecule has 0 spiro atoms. The number of ether oxygens (including phenoxy) is 1. The van der Waals surface area contributed by atoms with E-state index in [9.17, 15) is 14.0 Å². The van der Waals surface area contributed by atoms with Crippen LogP contribution in [0.1, 0.15) is 34.6 Å². The Labute approximate surface area is 153 Å². The molecule has 0 aliphatic heterocycles. The number of halogens is 1. The van der Waals surface area contributed by atoms with Crippen LogP contribution < -0.4 is 10.6 Å². The third-order valence-electron chi connectivity index (χ3n) is 3.29. The molecule has 25 heavy (non-hydrogen) atoms. The number of hydrogen-bond acceptors (Lipinski definition) is 5. The van der Waals surface area contributed by atoms with Crippen molar-refractivity contribution < 1.29 is 18.7 Å². The number of amides is 2. The lowest BCUT2D eigenvalue weighted by Crippen LogP contribution is -2.52. The van der Waals surface area contributed by atoms with E-state index in [-0.39, 0.29) is 23.9 Å². The molecular formula is C18H27FN2O3S. The van der Waals surface area contributed by atoms with Crippen molar-refractivity contribution >= 4 is 23.8 Å². The van der Waals surface area contributed by atoms with Gasteiger partial charge in [0.25, 0.3) is 0 Å². The van der Waals surface area contributed by atoms with Crippen LogP contribution in [0.5, 0.6) is 0 Å². The Balaban J connectivity index is 2.53. The van der Waals surface area contributed by atoms with E-state index in [0.717, 1.165) is 4.90 Å². The van der Waals surface area contributed by atoms with Gasteiger partial charge in [-0.25, -0.2) is 9.18 Å². The van der Waals surface area contributed by atoms with Crippen LogP contribution in [0.3, 0.4) is 0 Å². The molecule has 2 N–H and O–H groups in total. The zero-order chi connectivity index (χ0) is 19.0. The van der Waals surface area contributed by atoms with Gasteiger partial charge < -0.3 is 10.1 Å².